The van der Waals surface area contributed by atoms with Gasteiger partial charge in [-0.25, -0.2) is 0 Å². The number of carbonyl (C=O) groups excluding carboxylic acids is 2. The second kappa shape index (κ2) is 9.30. The molecule has 0 spiro atoms. The lowest BCUT2D eigenvalue weighted by Gasteiger charge is -2.48. The molecule has 32 heavy (non-hydrogen) atoms. The van der Waals surface area contributed by atoms with Gasteiger partial charge in [0.25, 0.3) is 0 Å². The van der Waals surface area contributed by atoms with Gasteiger partial charge in [0.05, 0.1) is 5.92 Å². The Kier molecular flexibility index (Phi) is 6.26. The average molecular weight is 442 g/mol. The first-order valence-corrected chi connectivity index (χ1v) is 12.4. The summed E-state index contributed by atoms with van der Waals surface area (Å²) in [5.41, 5.74) is 0.874. The standard InChI is InChI=1S/C25H35N3O4/c29-23-15-19(17-28(23)20-7-8-21-22(16-20)32-14-13-31-21)24(30)26-18-25(9-3-1-4-10-25)27-11-5-2-6-12-27/h7-8,16,19H,1-6,9-15,17-18H2,(H,26,30)/t19-/m0/s1. The molecule has 0 unspecified atom stereocenters. The van der Waals surface area contributed by atoms with Crippen LogP contribution < -0.4 is 19.7 Å². The van der Waals surface area contributed by atoms with Crippen molar-refractivity contribution in [1.82, 2.24) is 10.2 Å². The van der Waals surface area contributed by atoms with Crippen LogP contribution in [0, 0.1) is 5.92 Å². The van der Waals surface area contributed by atoms with E-state index in [-0.39, 0.29) is 29.7 Å². The van der Waals surface area contributed by atoms with Crippen LogP contribution >= 0.6 is 0 Å². The van der Waals surface area contributed by atoms with Crippen molar-refractivity contribution in [3.63, 3.8) is 0 Å². The van der Waals surface area contributed by atoms with Gasteiger partial charge in [0.2, 0.25) is 11.8 Å². The van der Waals surface area contributed by atoms with Crippen LogP contribution in [-0.4, -0.2) is 61.6 Å². The molecule has 1 atom stereocenters. The second-order valence-corrected chi connectivity index (χ2v) is 9.78. The summed E-state index contributed by atoms with van der Waals surface area (Å²) in [6.45, 7) is 4.47. The predicted octanol–water partition coefficient (Wildman–Crippen LogP) is 3.12. The molecule has 174 valence electrons. The molecule has 7 heteroatoms. The molecule has 0 radical (unpaired) electrons. The normalized spacial score (nSPS) is 25.6. The summed E-state index contributed by atoms with van der Waals surface area (Å²) in [5.74, 6) is 1.06. The van der Waals surface area contributed by atoms with E-state index in [1.807, 2.05) is 18.2 Å². The minimum atomic E-state index is -0.308. The third-order valence-corrected chi connectivity index (χ3v) is 7.74. The zero-order valence-corrected chi connectivity index (χ0v) is 18.9. The van der Waals surface area contributed by atoms with Gasteiger partial charge in [0.15, 0.2) is 11.5 Å². The largest absolute Gasteiger partial charge is 0.486 e. The number of ether oxygens (including phenoxy) is 2. The Labute approximate surface area is 190 Å². The van der Waals surface area contributed by atoms with Gasteiger partial charge in [-0.1, -0.05) is 25.7 Å². The molecule has 3 heterocycles. The van der Waals surface area contributed by atoms with E-state index in [4.69, 9.17) is 9.47 Å². The van der Waals surface area contributed by atoms with Gasteiger partial charge in [0, 0.05) is 36.8 Å². The molecule has 1 aromatic rings. The van der Waals surface area contributed by atoms with Crippen LogP contribution in [0.25, 0.3) is 0 Å². The van der Waals surface area contributed by atoms with Gasteiger partial charge in [-0.3, -0.25) is 14.5 Å². The van der Waals surface area contributed by atoms with E-state index in [1.54, 1.807) is 4.90 Å². The molecule has 0 bridgehead atoms. The number of likely N-dealkylation sites (tertiary alicyclic amines) is 1. The molecule has 1 aliphatic carbocycles. The van der Waals surface area contributed by atoms with Gasteiger partial charge >= 0.3 is 0 Å². The highest BCUT2D eigenvalue weighted by Crippen LogP contribution is 2.37. The summed E-state index contributed by atoms with van der Waals surface area (Å²) in [6, 6.07) is 5.56. The predicted molar refractivity (Wildman–Crippen MR) is 122 cm³/mol. The molecule has 2 saturated heterocycles. The third kappa shape index (κ3) is 4.32. The SMILES string of the molecule is O=C(NCC1(N2CCCCC2)CCCCC1)[C@H]1CC(=O)N(c2ccc3c(c2)OCCO3)C1. The van der Waals surface area contributed by atoms with E-state index < -0.39 is 0 Å². The van der Waals surface area contributed by atoms with Crippen LogP contribution in [0.4, 0.5) is 5.69 Å². The summed E-state index contributed by atoms with van der Waals surface area (Å²) in [6.07, 6.45) is 10.2. The number of piperidine rings is 1. The van der Waals surface area contributed by atoms with Crippen LogP contribution in [0.2, 0.25) is 0 Å². The topological polar surface area (TPSA) is 71.1 Å². The molecule has 4 aliphatic rings. The van der Waals surface area contributed by atoms with Gasteiger partial charge in [-0.2, -0.15) is 0 Å². The van der Waals surface area contributed by atoms with Crippen LogP contribution in [0.1, 0.15) is 57.8 Å². The molecule has 3 fully saturated rings. The van der Waals surface area contributed by atoms with E-state index >= 15 is 0 Å². The molecule has 5 rings (SSSR count). The molecular formula is C25H35N3O4. The number of nitrogens with one attached hydrogen (secondary N) is 1. The second-order valence-electron chi connectivity index (χ2n) is 9.78. The average Bonchev–Trinajstić information content (AvgIpc) is 3.25. The van der Waals surface area contributed by atoms with Crippen LogP contribution in [-0.2, 0) is 9.59 Å². The third-order valence-electron chi connectivity index (χ3n) is 7.74. The molecule has 1 N–H and O–H groups in total. The Morgan fingerprint density at radius 2 is 1.72 bits per heavy atom. The first-order chi connectivity index (χ1) is 15.6. The van der Waals surface area contributed by atoms with Crippen molar-refractivity contribution in [3.05, 3.63) is 18.2 Å². The number of anilines is 1. The van der Waals surface area contributed by atoms with E-state index in [0.717, 1.165) is 18.8 Å². The Morgan fingerprint density at radius 1 is 1.00 bits per heavy atom. The minimum absolute atomic E-state index is 0.00904. The lowest BCUT2D eigenvalue weighted by atomic mass is 9.79. The highest BCUT2D eigenvalue weighted by molar-refractivity contribution is 6.00. The molecule has 2 amide bonds. The van der Waals surface area contributed by atoms with Gasteiger partial charge in [-0.15, -0.1) is 0 Å². The first-order valence-electron chi connectivity index (χ1n) is 12.4. The molecule has 3 aliphatic heterocycles. The number of amides is 2. The van der Waals surface area contributed by atoms with Crippen molar-refractivity contribution in [2.24, 2.45) is 5.92 Å². The van der Waals surface area contributed by atoms with Crippen LogP contribution in [0.15, 0.2) is 18.2 Å². The Hall–Kier alpha value is -2.28. The lowest BCUT2D eigenvalue weighted by molar-refractivity contribution is -0.127. The monoisotopic (exact) mass is 441 g/mol. The number of benzene rings is 1. The van der Waals surface area contributed by atoms with Crippen molar-refractivity contribution in [3.8, 4) is 11.5 Å². The summed E-state index contributed by atoms with van der Waals surface area (Å²) in [5, 5.41) is 3.27. The summed E-state index contributed by atoms with van der Waals surface area (Å²) in [4.78, 5) is 30.2. The lowest BCUT2D eigenvalue weighted by Crippen LogP contribution is -2.58. The smallest absolute Gasteiger partial charge is 0.227 e. The molecular weight excluding hydrogens is 406 g/mol. The maximum Gasteiger partial charge on any atom is 0.227 e. The quantitative estimate of drug-likeness (QED) is 0.760. The maximum atomic E-state index is 13.1. The van der Waals surface area contributed by atoms with Gasteiger partial charge in [0.1, 0.15) is 13.2 Å². The summed E-state index contributed by atoms with van der Waals surface area (Å²) >= 11 is 0. The van der Waals surface area contributed by atoms with E-state index in [2.05, 4.69) is 10.2 Å². The van der Waals surface area contributed by atoms with E-state index in [9.17, 15) is 9.59 Å². The fourth-order valence-corrected chi connectivity index (χ4v) is 5.91. The molecule has 1 saturated carbocycles. The number of hydrogen-bond acceptors (Lipinski definition) is 5. The van der Waals surface area contributed by atoms with Crippen molar-refractivity contribution in [2.75, 3.05) is 44.3 Å². The first kappa shape index (κ1) is 21.6. The van der Waals surface area contributed by atoms with Crippen molar-refractivity contribution >= 4 is 17.5 Å². The van der Waals surface area contributed by atoms with Crippen LogP contribution in [0.5, 0.6) is 11.5 Å². The van der Waals surface area contributed by atoms with Crippen molar-refractivity contribution < 1.29 is 19.1 Å². The summed E-state index contributed by atoms with van der Waals surface area (Å²) < 4.78 is 11.2. The van der Waals surface area contributed by atoms with Crippen molar-refractivity contribution in [1.29, 1.82) is 0 Å². The summed E-state index contributed by atoms with van der Waals surface area (Å²) in [7, 11) is 0. The molecule has 0 aromatic heterocycles. The number of carbonyl (C=O) groups is 2. The highest BCUT2D eigenvalue weighted by atomic mass is 16.6. The van der Waals surface area contributed by atoms with Gasteiger partial charge in [-0.05, 0) is 50.9 Å². The fourth-order valence-electron chi connectivity index (χ4n) is 5.91. The Bertz CT molecular complexity index is 846. The number of hydrogen-bond donors (Lipinski definition) is 1. The van der Waals surface area contributed by atoms with Gasteiger partial charge < -0.3 is 19.7 Å². The zero-order valence-electron chi connectivity index (χ0n) is 18.9. The molecule has 1 aromatic carbocycles. The molecule has 7 nitrogen and oxygen atoms in total. The maximum absolute atomic E-state index is 13.1. The zero-order chi connectivity index (χ0) is 22.0. The Balaban J connectivity index is 1.22. The number of fused-ring (bicyclic) bond motifs is 1. The van der Waals surface area contributed by atoms with Crippen molar-refractivity contribution in [2.45, 2.75) is 63.3 Å². The number of rotatable bonds is 5. The van der Waals surface area contributed by atoms with E-state index in [0.29, 0.717) is 37.8 Å². The minimum Gasteiger partial charge on any atom is -0.486 e. The van der Waals surface area contributed by atoms with E-state index in [1.165, 1.54) is 51.4 Å². The number of nitrogens with zero attached hydrogens (tertiary/aromatic N) is 2. The Morgan fingerprint density at radius 3 is 2.50 bits per heavy atom. The highest BCUT2D eigenvalue weighted by Gasteiger charge is 2.40. The van der Waals surface area contributed by atoms with Crippen LogP contribution in [0.3, 0.4) is 0 Å². The fraction of sp³-hybridized carbons (Fsp3) is 0.680.